The second-order valence-electron chi connectivity index (χ2n) is 6.65. The van der Waals surface area contributed by atoms with Gasteiger partial charge in [0.15, 0.2) is 11.4 Å². The van der Waals surface area contributed by atoms with Crippen molar-refractivity contribution >= 4 is 11.9 Å². The average molecular weight is 357 g/mol. The molecule has 26 heavy (non-hydrogen) atoms. The molecule has 1 amide bonds. The van der Waals surface area contributed by atoms with Crippen LogP contribution in [0.3, 0.4) is 0 Å². The van der Waals surface area contributed by atoms with Crippen LogP contribution in [0.25, 0.3) is 0 Å². The molecule has 1 aromatic carbocycles. The number of benzene rings is 1. The van der Waals surface area contributed by atoms with Crippen molar-refractivity contribution in [3.8, 4) is 0 Å². The molecule has 2 aromatic rings. The number of aryl methyl sites for hydroxylation is 1. The van der Waals surface area contributed by atoms with Crippen molar-refractivity contribution in [1.29, 1.82) is 0 Å². The lowest BCUT2D eigenvalue weighted by Gasteiger charge is -2.30. The Hall–Kier alpha value is -2.70. The number of carbonyl (C=O) groups is 2. The van der Waals surface area contributed by atoms with Crippen LogP contribution >= 0.6 is 0 Å². The van der Waals surface area contributed by atoms with Gasteiger partial charge in [-0.15, -0.1) is 0 Å². The number of rotatable bonds is 9. The van der Waals surface area contributed by atoms with Crippen LogP contribution < -0.4 is 5.32 Å². The van der Waals surface area contributed by atoms with E-state index in [4.69, 9.17) is 4.52 Å². The van der Waals surface area contributed by atoms with Gasteiger partial charge in [-0.3, -0.25) is 4.79 Å². The van der Waals surface area contributed by atoms with Crippen LogP contribution in [0.4, 0.5) is 0 Å². The van der Waals surface area contributed by atoms with E-state index in [0.29, 0.717) is 30.2 Å². The van der Waals surface area contributed by atoms with E-state index in [1.807, 2.05) is 6.07 Å². The first-order valence-electron chi connectivity index (χ1n) is 8.97. The van der Waals surface area contributed by atoms with Crippen molar-refractivity contribution in [2.24, 2.45) is 0 Å². The number of nitrogens with zero attached hydrogens (tertiary/aromatic N) is 2. The summed E-state index contributed by atoms with van der Waals surface area (Å²) < 4.78 is 5.19. The van der Waals surface area contributed by atoms with E-state index in [1.165, 1.54) is 0 Å². The van der Waals surface area contributed by atoms with Crippen LogP contribution in [0.1, 0.15) is 62.2 Å². The highest BCUT2D eigenvalue weighted by molar-refractivity contribution is 5.88. The first-order valence-corrected chi connectivity index (χ1v) is 8.97. The Morgan fingerprint density at radius 3 is 2.65 bits per heavy atom. The number of carbonyl (C=O) groups excluding carboxylic acids is 1. The van der Waals surface area contributed by atoms with Gasteiger partial charge in [0, 0.05) is 18.8 Å². The van der Waals surface area contributed by atoms with E-state index >= 15 is 0 Å². The molecule has 1 aromatic heterocycles. The molecular formula is C19H23N3O4. The fourth-order valence-electron chi connectivity index (χ4n) is 2.99. The maximum absolute atomic E-state index is 12.4. The number of nitrogens with one attached hydrogen (secondary N) is 1. The zero-order valence-corrected chi connectivity index (χ0v) is 14.8. The molecule has 0 spiro atoms. The summed E-state index contributed by atoms with van der Waals surface area (Å²) >= 11 is 0. The standard InChI is InChI=1S/C19H23N3O4/c1-2-19(18(24)25,14-7-4-3-5-8-14)21-15(23)9-6-10-16-20-17(22-26-16)13-11-12-13/h3-5,7-8,13H,2,6,9-12H2,1H3,(H,21,23)(H,24,25). The molecule has 0 radical (unpaired) electrons. The second kappa shape index (κ2) is 7.68. The Bertz CT molecular complexity index is 770. The lowest BCUT2D eigenvalue weighted by Crippen LogP contribution is -2.51. The van der Waals surface area contributed by atoms with E-state index < -0.39 is 11.5 Å². The van der Waals surface area contributed by atoms with Crippen molar-refractivity contribution in [1.82, 2.24) is 15.5 Å². The minimum absolute atomic E-state index is 0.197. The summed E-state index contributed by atoms with van der Waals surface area (Å²) in [6.45, 7) is 1.75. The summed E-state index contributed by atoms with van der Waals surface area (Å²) in [6.07, 6.45) is 3.69. The number of hydrogen-bond acceptors (Lipinski definition) is 5. The SMILES string of the molecule is CCC(NC(=O)CCCc1nc(C2CC2)no1)(C(=O)O)c1ccccc1. The van der Waals surface area contributed by atoms with Crippen LogP contribution in [-0.2, 0) is 21.5 Å². The van der Waals surface area contributed by atoms with Crippen LogP contribution in [0.2, 0.25) is 0 Å². The van der Waals surface area contributed by atoms with E-state index in [-0.39, 0.29) is 18.7 Å². The molecule has 1 heterocycles. The Kier molecular flexibility index (Phi) is 5.35. The molecule has 3 rings (SSSR count). The Balaban J connectivity index is 1.58. The van der Waals surface area contributed by atoms with Gasteiger partial charge in [-0.05, 0) is 31.2 Å². The van der Waals surface area contributed by atoms with Gasteiger partial charge >= 0.3 is 5.97 Å². The van der Waals surface area contributed by atoms with E-state index in [1.54, 1.807) is 31.2 Å². The number of carboxylic acids is 1. The predicted molar refractivity (Wildman–Crippen MR) is 93.4 cm³/mol. The van der Waals surface area contributed by atoms with Gasteiger partial charge in [0.25, 0.3) is 0 Å². The normalized spacial score (nSPS) is 16.0. The summed E-state index contributed by atoms with van der Waals surface area (Å²) in [5.74, 6) is 0.347. The van der Waals surface area contributed by atoms with Gasteiger partial charge < -0.3 is 14.9 Å². The lowest BCUT2D eigenvalue weighted by atomic mass is 9.87. The summed E-state index contributed by atoms with van der Waals surface area (Å²) in [6, 6.07) is 8.78. The third kappa shape index (κ3) is 3.92. The smallest absolute Gasteiger partial charge is 0.334 e. The van der Waals surface area contributed by atoms with Gasteiger partial charge in [-0.2, -0.15) is 4.98 Å². The zero-order valence-electron chi connectivity index (χ0n) is 14.8. The zero-order chi connectivity index (χ0) is 18.6. The molecule has 7 heteroatoms. The minimum Gasteiger partial charge on any atom is -0.479 e. The average Bonchev–Trinajstić information content (AvgIpc) is 3.39. The largest absolute Gasteiger partial charge is 0.479 e. The van der Waals surface area contributed by atoms with Crippen molar-refractivity contribution in [3.63, 3.8) is 0 Å². The van der Waals surface area contributed by atoms with Crippen molar-refractivity contribution < 1.29 is 19.2 Å². The summed E-state index contributed by atoms with van der Waals surface area (Å²) in [4.78, 5) is 28.6. The monoisotopic (exact) mass is 357 g/mol. The minimum atomic E-state index is -1.41. The van der Waals surface area contributed by atoms with Crippen molar-refractivity contribution in [2.45, 2.75) is 56.9 Å². The molecule has 0 aliphatic heterocycles. The first kappa shape index (κ1) is 18.1. The maximum atomic E-state index is 12.4. The molecule has 1 fully saturated rings. The summed E-state index contributed by atoms with van der Waals surface area (Å²) in [5.41, 5.74) is -0.851. The Morgan fingerprint density at radius 2 is 2.04 bits per heavy atom. The van der Waals surface area contributed by atoms with Gasteiger partial charge in [-0.1, -0.05) is 42.4 Å². The topological polar surface area (TPSA) is 105 Å². The molecule has 0 bridgehead atoms. The number of hydrogen-bond donors (Lipinski definition) is 2. The lowest BCUT2D eigenvalue weighted by molar-refractivity contribution is -0.148. The highest BCUT2D eigenvalue weighted by atomic mass is 16.5. The molecule has 1 atom stereocenters. The van der Waals surface area contributed by atoms with Crippen LogP contribution in [0.15, 0.2) is 34.9 Å². The molecule has 1 aliphatic rings. The number of aliphatic carboxylic acids is 1. The number of amides is 1. The van der Waals surface area contributed by atoms with Crippen molar-refractivity contribution in [3.05, 3.63) is 47.6 Å². The fourth-order valence-corrected chi connectivity index (χ4v) is 2.99. The quantitative estimate of drug-likeness (QED) is 0.715. The number of aromatic nitrogens is 2. The fraction of sp³-hybridized carbons (Fsp3) is 0.474. The van der Waals surface area contributed by atoms with Gasteiger partial charge in [0.05, 0.1) is 0 Å². The predicted octanol–water partition coefficient (Wildman–Crippen LogP) is 2.78. The highest BCUT2D eigenvalue weighted by Crippen LogP contribution is 2.38. The molecule has 7 nitrogen and oxygen atoms in total. The van der Waals surface area contributed by atoms with E-state index in [9.17, 15) is 14.7 Å². The molecule has 0 saturated heterocycles. The number of carboxylic acid groups (broad SMARTS) is 1. The second-order valence-corrected chi connectivity index (χ2v) is 6.65. The first-order chi connectivity index (χ1) is 12.5. The molecule has 1 aliphatic carbocycles. The molecular weight excluding hydrogens is 334 g/mol. The Labute approximate surface area is 151 Å². The van der Waals surface area contributed by atoms with Gasteiger partial charge in [-0.25, -0.2) is 4.79 Å². The van der Waals surface area contributed by atoms with Crippen LogP contribution in [0.5, 0.6) is 0 Å². The summed E-state index contributed by atoms with van der Waals surface area (Å²) in [5, 5.41) is 16.4. The maximum Gasteiger partial charge on any atom is 0.334 e. The third-order valence-electron chi connectivity index (χ3n) is 4.74. The third-order valence-corrected chi connectivity index (χ3v) is 4.74. The highest BCUT2D eigenvalue weighted by Gasteiger charge is 2.40. The van der Waals surface area contributed by atoms with Crippen molar-refractivity contribution in [2.75, 3.05) is 0 Å². The van der Waals surface area contributed by atoms with Gasteiger partial charge in [0.1, 0.15) is 0 Å². The van der Waals surface area contributed by atoms with Crippen LogP contribution in [0, 0.1) is 0 Å². The van der Waals surface area contributed by atoms with E-state index in [0.717, 1.165) is 18.7 Å². The summed E-state index contributed by atoms with van der Waals surface area (Å²) in [7, 11) is 0. The van der Waals surface area contributed by atoms with Gasteiger partial charge in [0.2, 0.25) is 11.8 Å². The molecule has 1 unspecified atom stereocenters. The van der Waals surface area contributed by atoms with Crippen LogP contribution in [-0.4, -0.2) is 27.1 Å². The Morgan fingerprint density at radius 1 is 1.31 bits per heavy atom. The van der Waals surface area contributed by atoms with E-state index in [2.05, 4.69) is 15.5 Å². The molecule has 1 saturated carbocycles. The molecule has 138 valence electrons. The molecule has 2 N–H and O–H groups in total.